The van der Waals surface area contributed by atoms with Crippen LogP contribution < -0.4 is 4.90 Å². The third-order valence-corrected chi connectivity index (χ3v) is 7.61. The van der Waals surface area contributed by atoms with Crippen LogP contribution in [0.1, 0.15) is 48.0 Å². The second-order valence-electron chi connectivity index (χ2n) is 10.0. The second kappa shape index (κ2) is 9.81. The number of carbonyl (C=O) groups is 3. The number of anilines is 1. The van der Waals surface area contributed by atoms with Crippen molar-refractivity contribution in [2.45, 2.75) is 33.7 Å². The van der Waals surface area contributed by atoms with Crippen LogP contribution in [0.25, 0.3) is 16.7 Å². The van der Waals surface area contributed by atoms with Crippen LogP contribution in [0.4, 0.5) is 5.69 Å². The van der Waals surface area contributed by atoms with Crippen LogP contribution in [0, 0.1) is 5.92 Å². The Kier molecular flexibility index (Phi) is 6.31. The molecule has 39 heavy (non-hydrogen) atoms. The number of Topliss-reactive ketones (excluding diaryl/α,β-unsaturated/α-hetero) is 1. The van der Waals surface area contributed by atoms with Gasteiger partial charge in [-0.05, 0) is 66.9 Å². The highest BCUT2D eigenvalue weighted by Crippen LogP contribution is 2.45. The average molecular weight is 528 g/mol. The van der Waals surface area contributed by atoms with Crippen molar-refractivity contribution in [3.05, 3.63) is 70.4 Å². The summed E-state index contributed by atoms with van der Waals surface area (Å²) in [6, 6.07) is 13.4. The normalized spacial score (nSPS) is 19.8. The number of fused-ring (bicyclic) bond motifs is 4. The van der Waals surface area contributed by atoms with Crippen molar-refractivity contribution in [3.8, 4) is 0 Å². The van der Waals surface area contributed by atoms with Gasteiger partial charge >= 0.3 is 11.9 Å². The average Bonchev–Trinajstić information content (AvgIpc) is 3.45. The van der Waals surface area contributed by atoms with Gasteiger partial charge in [-0.3, -0.25) is 9.59 Å². The van der Waals surface area contributed by atoms with E-state index in [0.29, 0.717) is 42.1 Å². The van der Waals surface area contributed by atoms with E-state index in [9.17, 15) is 14.4 Å². The molecule has 6 rings (SSSR count). The zero-order valence-electron chi connectivity index (χ0n) is 22.2. The fourth-order valence-electron chi connectivity index (χ4n) is 5.79. The van der Waals surface area contributed by atoms with E-state index in [0.717, 1.165) is 47.5 Å². The van der Waals surface area contributed by atoms with Gasteiger partial charge in [-0.2, -0.15) is 0 Å². The zero-order valence-corrected chi connectivity index (χ0v) is 22.2. The molecule has 1 aromatic heterocycles. The highest BCUT2D eigenvalue weighted by Gasteiger charge is 2.42. The lowest BCUT2D eigenvalue weighted by atomic mass is 9.84. The third-order valence-electron chi connectivity index (χ3n) is 7.61. The van der Waals surface area contributed by atoms with Crippen molar-refractivity contribution in [2.24, 2.45) is 11.1 Å². The van der Waals surface area contributed by atoms with Gasteiger partial charge in [0.1, 0.15) is 5.76 Å². The van der Waals surface area contributed by atoms with Gasteiger partial charge in [0.05, 0.1) is 18.8 Å². The molecule has 3 aliphatic rings. The Labute approximate surface area is 225 Å². The molecular formula is C30H29N3O6. The quantitative estimate of drug-likeness (QED) is 0.280. The summed E-state index contributed by atoms with van der Waals surface area (Å²) in [6.45, 7) is 9.03. The number of ether oxygens (including phenoxy) is 2. The zero-order chi connectivity index (χ0) is 27.3. The Morgan fingerprint density at radius 3 is 2.49 bits per heavy atom. The summed E-state index contributed by atoms with van der Waals surface area (Å²) in [4.78, 5) is 44.9. The number of benzene rings is 2. The lowest BCUT2D eigenvalue weighted by Crippen LogP contribution is -2.36. The molecule has 0 amide bonds. The van der Waals surface area contributed by atoms with Crippen LogP contribution in [0.2, 0.25) is 0 Å². The fourth-order valence-corrected chi connectivity index (χ4v) is 5.79. The molecule has 9 heteroatoms. The Morgan fingerprint density at radius 2 is 1.79 bits per heavy atom. The number of aromatic nitrogens is 1. The summed E-state index contributed by atoms with van der Waals surface area (Å²) < 4.78 is 13.6. The summed E-state index contributed by atoms with van der Waals surface area (Å²) in [6.07, 6.45) is 0.638. The van der Waals surface area contributed by atoms with Crippen molar-refractivity contribution in [2.75, 3.05) is 31.2 Å². The lowest BCUT2D eigenvalue weighted by molar-refractivity contribution is -0.141. The van der Waals surface area contributed by atoms with E-state index in [2.05, 4.69) is 21.5 Å². The van der Waals surface area contributed by atoms with Gasteiger partial charge in [-0.25, -0.2) is 4.79 Å². The molecule has 0 radical (unpaired) electrons. The summed E-state index contributed by atoms with van der Waals surface area (Å²) in [5.41, 5.74) is 5.53. The van der Waals surface area contributed by atoms with Gasteiger partial charge in [0, 0.05) is 65.5 Å². The van der Waals surface area contributed by atoms with Crippen LogP contribution >= 0.6 is 0 Å². The molecule has 2 aliphatic heterocycles. The van der Waals surface area contributed by atoms with Gasteiger partial charge < -0.3 is 23.8 Å². The molecule has 3 heterocycles. The number of ketones is 2. The fraction of sp³-hybridized carbons (Fsp3) is 0.333. The molecule has 1 aliphatic carbocycles. The number of nitrogens with zero attached hydrogens (tertiary/aromatic N) is 3. The van der Waals surface area contributed by atoms with Gasteiger partial charge in [0.25, 0.3) is 5.78 Å². The Bertz CT molecular complexity index is 1570. The van der Waals surface area contributed by atoms with E-state index in [1.165, 1.54) is 6.92 Å². The first kappa shape index (κ1) is 25.1. The standard InChI is InChI=1S/C30H29N3O6/c1-4-33-23-10-7-20(27(35)19-5-8-21(9-6-19)32-11-13-37-14-12-32)16-22(23)26-24(33)15-17(2)25-28(36)30(38-29(25)26)31-39-18(3)34/h5-10,16-17H,4,11-15H2,1-3H3/b31-30-. The lowest BCUT2D eigenvalue weighted by Gasteiger charge is -2.28. The second-order valence-corrected chi connectivity index (χ2v) is 10.0. The molecule has 1 saturated heterocycles. The Morgan fingerprint density at radius 1 is 1.08 bits per heavy atom. The van der Waals surface area contributed by atoms with E-state index < -0.39 is 5.97 Å². The van der Waals surface area contributed by atoms with Crippen molar-refractivity contribution in [1.82, 2.24) is 4.57 Å². The minimum atomic E-state index is -0.638. The van der Waals surface area contributed by atoms with Gasteiger partial charge in [-0.15, -0.1) is 0 Å². The SMILES string of the molecule is CCn1c2c(c3cc(C(=O)c4ccc(N5CCOCC5)cc4)ccc31)C1=C(C(=O)/C(=N/OC(C)=O)O1)C(C)C2. The van der Waals surface area contributed by atoms with Gasteiger partial charge in [0.2, 0.25) is 0 Å². The Balaban J connectivity index is 1.39. The topological polar surface area (TPSA) is 99.4 Å². The summed E-state index contributed by atoms with van der Waals surface area (Å²) in [7, 11) is 0. The molecule has 200 valence electrons. The predicted molar refractivity (Wildman–Crippen MR) is 146 cm³/mol. The van der Waals surface area contributed by atoms with Crippen LogP contribution in [0.15, 0.2) is 53.2 Å². The summed E-state index contributed by atoms with van der Waals surface area (Å²) >= 11 is 0. The number of morpholine rings is 1. The number of rotatable bonds is 5. The smallest absolute Gasteiger partial charge is 0.332 e. The number of carbonyl (C=O) groups excluding carboxylic acids is 3. The highest BCUT2D eigenvalue weighted by molar-refractivity contribution is 6.48. The molecule has 2 aromatic carbocycles. The monoisotopic (exact) mass is 527 g/mol. The van der Waals surface area contributed by atoms with E-state index in [1.807, 2.05) is 49.4 Å². The van der Waals surface area contributed by atoms with Crippen molar-refractivity contribution >= 4 is 45.8 Å². The first-order chi connectivity index (χ1) is 18.9. The van der Waals surface area contributed by atoms with Gasteiger partial charge in [-0.1, -0.05) is 6.92 Å². The molecule has 9 nitrogen and oxygen atoms in total. The molecule has 0 N–H and O–H groups in total. The van der Waals surface area contributed by atoms with Crippen LogP contribution in [0.5, 0.6) is 0 Å². The van der Waals surface area contributed by atoms with Gasteiger partial charge in [0.15, 0.2) is 5.78 Å². The molecule has 0 spiro atoms. The number of oxime groups is 1. The van der Waals surface area contributed by atoms with Crippen LogP contribution in [0.3, 0.4) is 0 Å². The molecule has 0 bridgehead atoms. The Hall–Kier alpha value is -4.24. The summed E-state index contributed by atoms with van der Waals surface area (Å²) in [5, 5.41) is 4.49. The molecule has 3 aromatic rings. The molecule has 1 unspecified atom stereocenters. The van der Waals surface area contributed by atoms with Crippen molar-refractivity contribution in [3.63, 3.8) is 0 Å². The molecule has 1 fully saturated rings. The predicted octanol–water partition coefficient (Wildman–Crippen LogP) is 4.11. The minimum Gasteiger partial charge on any atom is -0.433 e. The van der Waals surface area contributed by atoms with E-state index in [4.69, 9.17) is 14.3 Å². The number of hydrogen-bond acceptors (Lipinski definition) is 8. The highest BCUT2D eigenvalue weighted by atomic mass is 16.7. The first-order valence-electron chi connectivity index (χ1n) is 13.2. The molecule has 0 saturated carbocycles. The van der Waals surface area contributed by atoms with E-state index >= 15 is 0 Å². The third kappa shape index (κ3) is 4.23. The van der Waals surface area contributed by atoms with Crippen molar-refractivity contribution in [1.29, 1.82) is 0 Å². The maximum absolute atomic E-state index is 13.5. The maximum atomic E-state index is 13.5. The number of aryl methyl sites for hydroxylation is 1. The summed E-state index contributed by atoms with van der Waals surface area (Å²) in [5.74, 6) is -1.03. The van der Waals surface area contributed by atoms with E-state index in [1.54, 1.807) is 0 Å². The number of hydrogen-bond donors (Lipinski definition) is 0. The van der Waals surface area contributed by atoms with Crippen LogP contribution in [-0.4, -0.2) is 54.3 Å². The largest absolute Gasteiger partial charge is 0.433 e. The maximum Gasteiger partial charge on any atom is 0.332 e. The first-order valence-corrected chi connectivity index (χ1v) is 13.2. The van der Waals surface area contributed by atoms with E-state index in [-0.39, 0.29) is 23.4 Å². The van der Waals surface area contributed by atoms with Crippen molar-refractivity contribution < 1.29 is 28.7 Å². The molecule has 1 atom stereocenters. The van der Waals surface area contributed by atoms with Crippen LogP contribution in [-0.2, 0) is 36.9 Å². The minimum absolute atomic E-state index is 0.0812. The molecular weight excluding hydrogens is 498 g/mol.